The van der Waals surface area contributed by atoms with Gasteiger partial charge in [0.2, 0.25) is 5.89 Å². The minimum absolute atomic E-state index is 0. The van der Waals surface area contributed by atoms with E-state index in [9.17, 15) is 0 Å². The molecule has 0 bridgehead atoms. The lowest BCUT2D eigenvalue weighted by atomic mass is 9.97. The highest BCUT2D eigenvalue weighted by atomic mass is 127. The number of hydrogen-bond acceptors (Lipinski definition) is 4. The Labute approximate surface area is 147 Å². The van der Waals surface area contributed by atoms with Crippen LogP contribution in [0.25, 0.3) is 0 Å². The van der Waals surface area contributed by atoms with E-state index >= 15 is 0 Å². The average molecular weight is 415 g/mol. The number of nitrogens with one attached hydrogen (secondary N) is 1. The number of aromatic nitrogens is 2. The van der Waals surface area contributed by atoms with Crippen LogP contribution in [0.3, 0.4) is 0 Å². The molecule has 2 rings (SSSR count). The van der Waals surface area contributed by atoms with E-state index in [0.717, 1.165) is 5.69 Å². The van der Waals surface area contributed by atoms with Gasteiger partial charge in [0.1, 0.15) is 6.54 Å². The molecule has 0 fully saturated rings. The number of hydrogen-bond donors (Lipinski definition) is 2. The van der Waals surface area contributed by atoms with Gasteiger partial charge in [0, 0.05) is 11.1 Å². The first kappa shape index (κ1) is 18.4. The fourth-order valence-electron chi connectivity index (χ4n) is 1.60. The highest BCUT2D eigenvalue weighted by molar-refractivity contribution is 14.0. The standard InChI is InChI=1S/C15H21N5O.HI/c1-10-5-7-11(8-6-10)18-14(16)17-9-12-19-13(21-20-12)15(2,3)4;/h5-8H,9H2,1-4H3,(H3,16,17,18);1H. The van der Waals surface area contributed by atoms with Crippen LogP contribution in [-0.2, 0) is 12.0 Å². The summed E-state index contributed by atoms with van der Waals surface area (Å²) in [6.45, 7) is 8.36. The van der Waals surface area contributed by atoms with Crippen molar-refractivity contribution in [3.05, 3.63) is 41.5 Å². The van der Waals surface area contributed by atoms with Crippen LogP contribution in [0.1, 0.15) is 38.0 Å². The second-order valence-corrected chi connectivity index (χ2v) is 5.96. The largest absolute Gasteiger partial charge is 0.370 e. The zero-order chi connectivity index (χ0) is 15.5. The predicted octanol–water partition coefficient (Wildman–Crippen LogP) is 3.22. The molecule has 120 valence electrons. The molecule has 0 atom stereocenters. The van der Waals surface area contributed by atoms with Gasteiger partial charge in [-0.05, 0) is 19.1 Å². The first-order valence-corrected chi connectivity index (χ1v) is 6.81. The second-order valence-electron chi connectivity index (χ2n) is 5.96. The summed E-state index contributed by atoms with van der Waals surface area (Å²) in [4.78, 5) is 8.51. The molecule has 0 spiro atoms. The van der Waals surface area contributed by atoms with Crippen LogP contribution < -0.4 is 11.1 Å². The highest BCUT2D eigenvalue weighted by Gasteiger charge is 2.21. The molecule has 0 aliphatic heterocycles. The first-order valence-electron chi connectivity index (χ1n) is 6.81. The molecule has 0 unspecified atom stereocenters. The molecular weight excluding hydrogens is 393 g/mol. The molecule has 22 heavy (non-hydrogen) atoms. The van der Waals surface area contributed by atoms with Crippen LogP contribution in [0.4, 0.5) is 5.69 Å². The van der Waals surface area contributed by atoms with E-state index < -0.39 is 0 Å². The van der Waals surface area contributed by atoms with Crippen LogP contribution in [0.5, 0.6) is 0 Å². The van der Waals surface area contributed by atoms with E-state index in [1.165, 1.54) is 5.56 Å². The quantitative estimate of drug-likeness (QED) is 0.457. The van der Waals surface area contributed by atoms with Crippen LogP contribution in [0.2, 0.25) is 0 Å². The van der Waals surface area contributed by atoms with Crippen LogP contribution >= 0.6 is 24.0 Å². The third kappa shape index (κ3) is 5.28. The second kappa shape index (κ2) is 7.57. The van der Waals surface area contributed by atoms with Crippen molar-refractivity contribution < 1.29 is 4.52 Å². The molecule has 7 heteroatoms. The molecule has 6 nitrogen and oxygen atoms in total. The molecular formula is C15H22IN5O. The van der Waals surface area contributed by atoms with E-state index in [4.69, 9.17) is 10.3 Å². The topological polar surface area (TPSA) is 89.3 Å². The molecule has 3 N–H and O–H groups in total. The van der Waals surface area contributed by atoms with Gasteiger partial charge in [0.15, 0.2) is 11.8 Å². The normalized spacial score (nSPS) is 11.9. The number of aryl methyl sites for hydroxylation is 1. The minimum Gasteiger partial charge on any atom is -0.370 e. The fraction of sp³-hybridized carbons (Fsp3) is 0.400. The van der Waals surface area contributed by atoms with Crippen molar-refractivity contribution in [2.45, 2.75) is 39.7 Å². The summed E-state index contributed by atoms with van der Waals surface area (Å²) in [5.41, 5.74) is 7.76. The summed E-state index contributed by atoms with van der Waals surface area (Å²) in [5.74, 6) is 1.44. The number of aliphatic imine (C=N–C) groups is 1. The molecule has 2 aromatic rings. The van der Waals surface area contributed by atoms with E-state index in [1.54, 1.807) is 0 Å². The number of nitrogens with zero attached hydrogens (tertiary/aromatic N) is 3. The third-order valence-electron chi connectivity index (χ3n) is 2.82. The molecule has 0 amide bonds. The van der Waals surface area contributed by atoms with Crippen molar-refractivity contribution in [3.8, 4) is 0 Å². The van der Waals surface area contributed by atoms with Crippen LogP contribution in [-0.4, -0.2) is 16.1 Å². The first-order chi connectivity index (χ1) is 9.84. The van der Waals surface area contributed by atoms with E-state index in [-0.39, 0.29) is 35.9 Å². The van der Waals surface area contributed by atoms with Crippen molar-refractivity contribution in [2.24, 2.45) is 10.7 Å². The molecule has 0 saturated heterocycles. The highest BCUT2D eigenvalue weighted by Crippen LogP contribution is 2.19. The zero-order valence-electron chi connectivity index (χ0n) is 13.3. The lowest BCUT2D eigenvalue weighted by molar-refractivity contribution is 0.318. The monoisotopic (exact) mass is 415 g/mol. The Kier molecular flexibility index (Phi) is 6.34. The Morgan fingerprint density at radius 1 is 1.27 bits per heavy atom. The van der Waals surface area contributed by atoms with Gasteiger partial charge in [0.05, 0.1) is 0 Å². The number of anilines is 1. The molecule has 0 saturated carbocycles. The number of benzene rings is 1. The van der Waals surface area contributed by atoms with Crippen molar-refractivity contribution in [3.63, 3.8) is 0 Å². The maximum absolute atomic E-state index is 5.84. The Morgan fingerprint density at radius 3 is 2.45 bits per heavy atom. The van der Waals surface area contributed by atoms with Crippen LogP contribution in [0.15, 0.2) is 33.8 Å². The summed E-state index contributed by atoms with van der Waals surface area (Å²) < 4.78 is 5.20. The van der Waals surface area contributed by atoms with Crippen LogP contribution in [0, 0.1) is 6.92 Å². The van der Waals surface area contributed by atoms with Crippen molar-refractivity contribution in [1.82, 2.24) is 10.1 Å². The predicted molar refractivity (Wildman–Crippen MR) is 98.5 cm³/mol. The van der Waals surface area contributed by atoms with E-state index in [2.05, 4.69) is 20.4 Å². The lowest BCUT2D eigenvalue weighted by Crippen LogP contribution is -2.22. The Morgan fingerprint density at radius 2 is 1.91 bits per heavy atom. The van der Waals surface area contributed by atoms with Crippen molar-refractivity contribution in [1.29, 1.82) is 0 Å². The van der Waals surface area contributed by atoms with Gasteiger partial charge < -0.3 is 15.6 Å². The van der Waals surface area contributed by atoms with Gasteiger partial charge in [-0.1, -0.05) is 43.6 Å². The minimum atomic E-state index is -0.166. The van der Waals surface area contributed by atoms with E-state index in [1.807, 2.05) is 52.0 Å². The van der Waals surface area contributed by atoms with Gasteiger partial charge in [0.25, 0.3) is 0 Å². The van der Waals surface area contributed by atoms with Gasteiger partial charge in [-0.3, -0.25) is 0 Å². The number of guanidine groups is 1. The maximum Gasteiger partial charge on any atom is 0.232 e. The fourth-order valence-corrected chi connectivity index (χ4v) is 1.60. The molecule has 1 aromatic heterocycles. The summed E-state index contributed by atoms with van der Waals surface area (Å²) >= 11 is 0. The van der Waals surface area contributed by atoms with Gasteiger partial charge in [-0.25, -0.2) is 4.99 Å². The summed E-state index contributed by atoms with van der Waals surface area (Å²) in [5, 5.41) is 6.91. The molecule has 0 aliphatic carbocycles. The van der Waals surface area contributed by atoms with Crippen molar-refractivity contribution in [2.75, 3.05) is 5.32 Å². The Bertz CT molecular complexity index is 628. The zero-order valence-corrected chi connectivity index (χ0v) is 15.6. The van der Waals surface area contributed by atoms with Gasteiger partial charge in [-0.15, -0.1) is 24.0 Å². The summed E-state index contributed by atoms with van der Waals surface area (Å²) in [7, 11) is 0. The SMILES string of the molecule is Cc1ccc(NC(N)=NCc2noc(C(C)(C)C)n2)cc1.I. The summed E-state index contributed by atoms with van der Waals surface area (Å²) in [6, 6.07) is 7.91. The number of rotatable bonds is 3. The Balaban J connectivity index is 0.00000242. The van der Waals surface area contributed by atoms with Crippen molar-refractivity contribution >= 4 is 35.6 Å². The van der Waals surface area contributed by atoms with Gasteiger partial charge in [-0.2, -0.15) is 4.98 Å². The molecule has 0 aliphatic rings. The average Bonchev–Trinajstić information content (AvgIpc) is 2.88. The smallest absolute Gasteiger partial charge is 0.232 e. The maximum atomic E-state index is 5.84. The van der Waals surface area contributed by atoms with E-state index in [0.29, 0.717) is 17.7 Å². The number of halogens is 1. The Hall–Kier alpha value is -1.64. The molecule has 1 aromatic carbocycles. The van der Waals surface area contributed by atoms with Gasteiger partial charge >= 0.3 is 0 Å². The molecule has 1 heterocycles. The molecule has 0 radical (unpaired) electrons. The lowest BCUT2D eigenvalue weighted by Gasteiger charge is -2.10. The number of nitrogens with two attached hydrogens (primary N) is 1. The third-order valence-corrected chi connectivity index (χ3v) is 2.82. The summed E-state index contributed by atoms with van der Waals surface area (Å²) in [6.07, 6.45) is 0.